The average Bonchev–Trinajstić information content (AvgIpc) is 3.24. The molecule has 0 aliphatic carbocycles. The molecule has 0 radical (unpaired) electrons. The number of unbranched alkanes of at least 4 members (excludes halogenated alkanes) is 31. The van der Waals surface area contributed by atoms with Gasteiger partial charge in [-0.05, 0) is 51.4 Å². The maximum absolute atomic E-state index is 12.2. The number of hydrogen-bond donors (Lipinski definition) is 1. The van der Waals surface area contributed by atoms with Crippen molar-refractivity contribution < 1.29 is 24.2 Å². The lowest BCUT2D eigenvalue weighted by atomic mass is 10.0. The fraction of sp³-hybridized carbons (Fsp3) is 0.815. The molecule has 59 heavy (non-hydrogen) atoms. The third-order valence-electron chi connectivity index (χ3n) is 11.4. The van der Waals surface area contributed by atoms with Crippen LogP contribution in [0.5, 0.6) is 0 Å². The minimum Gasteiger partial charge on any atom is -0.462 e. The Bertz CT molecular complexity index is 981. The highest BCUT2D eigenvalue weighted by atomic mass is 16.6. The van der Waals surface area contributed by atoms with Gasteiger partial charge in [0.25, 0.3) is 0 Å². The lowest BCUT2D eigenvalue weighted by Crippen LogP contribution is -2.28. The van der Waals surface area contributed by atoms with E-state index in [9.17, 15) is 14.7 Å². The number of carbonyl (C=O) groups excluding carboxylic acids is 2. The fourth-order valence-corrected chi connectivity index (χ4v) is 7.55. The van der Waals surface area contributed by atoms with Gasteiger partial charge in [0, 0.05) is 12.8 Å². The largest absolute Gasteiger partial charge is 0.462 e. The molecule has 0 aromatic heterocycles. The van der Waals surface area contributed by atoms with Gasteiger partial charge >= 0.3 is 11.9 Å². The topological polar surface area (TPSA) is 72.8 Å². The molecule has 1 N–H and O–H groups in total. The van der Waals surface area contributed by atoms with Gasteiger partial charge in [-0.25, -0.2) is 0 Å². The Morgan fingerprint density at radius 1 is 0.407 bits per heavy atom. The normalized spacial score (nSPS) is 12.5. The summed E-state index contributed by atoms with van der Waals surface area (Å²) in [6.45, 7) is 3.98. The van der Waals surface area contributed by atoms with E-state index in [0.717, 1.165) is 64.2 Å². The van der Waals surface area contributed by atoms with Crippen molar-refractivity contribution in [3.63, 3.8) is 0 Å². The van der Waals surface area contributed by atoms with Crippen LogP contribution >= 0.6 is 0 Å². The van der Waals surface area contributed by atoms with E-state index in [-0.39, 0.29) is 25.2 Å². The monoisotopic (exact) mass is 827 g/mol. The Labute approximate surface area is 367 Å². The van der Waals surface area contributed by atoms with Crippen molar-refractivity contribution in [3.8, 4) is 0 Å². The predicted molar refractivity (Wildman–Crippen MR) is 256 cm³/mol. The van der Waals surface area contributed by atoms with Crippen molar-refractivity contribution in [2.45, 2.75) is 270 Å². The Balaban J connectivity index is 3.32. The number of ether oxygens (including phenoxy) is 2. The maximum Gasteiger partial charge on any atom is 0.306 e. The number of allylic oxidation sites excluding steroid dienone is 8. The van der Waals surface area contributed by atoms with E-state index in [1.165, 1.54) is 173 Å². The molecule has 0 fully saturated rings. The summed E-state index contributed by atoms with van der Waals surface area (Å²) >= 11 is 0. The third kappa shape index (κ3) is 48.4. The fourth-order valence-electron chi connectivity index (χ4n) is 7.55. The molecule has 0 saturated carbocycles. The Morgan fingerprint density at radius 3 is 1.10 bits per heavy atom. The van der Waals surface area contributed by atoms with Crippen molar-refractivity contribution in [1.29, 1.82) is 0 Å². The van der Waals surface area contributed by atoms with Crippen LogP contribution in [0, 0.1) is 0 Å². The van der Waals surface area contributed by atoms with Crippen LogP contribution in [-0.4, -0.2) is 36.4 Å². The Morgan fingerprint density at radius 2 is 0.729 bits per heavy atom. The molecule has 0 amide bonds. The van der Waals surface area contributed by atoms with Gasteiger partial charge in [-0.1, -0.05) is 249 Å². The summed E-state index contributed by atoms with van der Waals surface area (Å²) in [6, 6.07) is 0. The predicted octanol–water partition coefficient (Wildman–Crippen LogP) is 16.9. The van der Waals surface area contributed by atoms with E-state index < -0.39 is 6.10 Å². The van der Waals surface area contributed by atoms with Gasteiger partial charge in [-0.3, -0.25) is 9.59 Å². The highest BCUT2D eigenvalue weighted by Gasteiger charge is 2.16. The van der Waals surface area contributed by atoms with Crippen molar-refractivity contribution in [2.75, 3.05) is 13.2 Å². The van der Waals surface area contributed by atoms with Crippen LogP contribution in [0.3, 0.4) is 0 Å². The Kier molecular flexibility index (Phi) is 48.4. The third-order valence-corrected chi connectivity index (χ3v) is 11.4. The van der Waals surface area contributed by atoms with Crippen LogP contribution in [0.4, 0.5) is 0 Å². The molecule has 5 nitrogen and oxygen atoms in total. The van der Waals surface area contributed by atoms with Gasteiger partial charge in [-0.2, -0.15) is 0 Å². The molecular weight excluding hydrogens is 729 g/mol. The van der Waals surface area contributed by atoms with Crippen LogP contribution < -0.4 is 0 Å². The van der Waals surface area contributed by atoms with E-state index in [0.29, 0.717) is 12.8 Å². The number of carbonyl (C=O) groups is 2. The summed E-state index contributed by atoms with van der Waals surface area (Å²) in [7, 11) is 0. The SMILES string of the molecule is CC/C=C\C/C=C\C/C=C\C/C=C\CCCCCCCCCCCCCCCCCCCCCCCCCCCCC(=O)OC(CO)COC(=O)CCCCCCCC. The summed E-state index contributed by atoms with van der Waals surface area (Å²) in [5, 5.41) is 9.52. The number of aliphatic hydroxyl groups excluding tert-OH is 1. The second kappa shape index (κ2) is 50.2. The first kappa shape index (κ1) is 56.9. The van der Waals surface area contributed by atoms with Gasteiger partial charge in [-0.15, -0.1) is 0 Å². The quantitative estimate of drug-likeness (QED) is 0.0376. The summed E-state index contributed by atoms with van der Waals surface area (Å²) in [4.78, 5) is 24.1. The summed E-state index contributed by atoms with van der Waals surface area (Å²) in [6.07, 6.45) is 65.6. The molecule has 0 aromatic rings. The first-order valence-electron chi connectivity index (χ1n) is 25.7. The van der Waals surface area contributed by atoms with E-state index in [1.54, 1.807) is 0 Å². The zero-order valence-electron chi connectivity index (χ0n) is 39.3. The first-order valence-corrected chi connectivity index (χ1v) is 25.7. The van der Waals surface area contributed by atoms with Crippen LogP contribution in [0.1, 0.15) is 264 Å². The molecule has 0 bridgehead atoms. The van der Waals surface area contributed by atoms with Gasteiger partial charge in [0.1, 0.15) is 6.61 Å². The second-order valence-corrected chi connectivity index (χ2v) is 17.2. The van der Waals surface area contributed by atoms with E-state index in [1.807, 2.05) is 0 Å². The molecule has 0 aromatic carbocycles. The van der Waals surface area contributed by atoms with Crippen LogP contribution in [-0.2, 0) is 19.1 Å². The Hall–Kier alpha value is -2.14. The van der Waals surface area contributed by atoms with Crippen molar-refractivity contribution in [2.24, 2.45) is 0 Å². The second-order valence-electron chi connectivity index (χ2n) is 17.2. The van der Waals surface area contributed by atoms with E-state index in [2.05, 4.69) is 62.5 Å². The molecule has 0 spiro atoms. The van der Waals surface area contributed by atoms with E-state index >= 15 is 0 Å². The van der Waals surface area contributed by atoms with Gasteiger partial charge in [0.15, 0.2) is 6.10 Å². The lowest BCUT2D eigenvalue weighted by Gasteiger charge is -2.15. The van der Waals surface area contributed by atoms with Crippen LogP contribution in [0.15, 0.2) is 48.6 Å². The van der Waals surface area contributed by atoms with Crippen LogP contribution in [0.25, 0.3) is 0 Å². The highest BCUT2D eigenvalue weighted by molar-refractivity contribution is 5.70. The first-order chi connectivity index (χ1) is 29.1. The molecule has 0 aliphatic rings. The highest BCUT2D eigenvalue weighted by Crippen LogP contribution is 2.17. The minimum atomic E-state index is -0.763. The molecule has 5 heteroatoms. The summed E-state index contributed by atoms with van der Waals surface area (Å²) in [5.41, 5.74) is 0. The minimum absolute atomic E-state index is 0.0617. The molecular formula is C54H98O5. The van der Waals surface area contributed by atoms with Gasteiger partial charge < -0.3 is 14.6 Å². The smallest absolute Gasteiger partial charge is 0.306 e. The molecule has 0 saturated heterocycles. The summed E-state index contributed by atoms with van der Waals surface area (Å²) in [5.74, 6) is -0.590. The van der Waals surface area contributed by atoms with Crippen molar-refractivity contribution in [3.05, 3.63) is 48.6 Å². The zero-order chi connectivity index (χ0) is 42.8. The standard InChI is InChI=1S/C54H98O5/c1-3-5-7-9-11-12-13-14-15-16-17-18-19-20-21-22-23-24-25-26-27-28-29-30-31-32-33-34-35-36-37-38-39-40-41-42-43-45-47-49-54(57)59-52(50-55)51-58-53(56)48-46-44-10-8-6-4-2/h5,7,11-12,14-15,17-18,52,55H,3-4,6,8-10,13,16,19-51H2,1-2H3/b7-5-,12-11-,15-14-,18-17-. The van der Waals surface area contributed by atoms with Gasteiger partial charge in [0.05, 0.1) is 6.61 Å². The van der Waals surface area contributed by atoms with Crippen molar-refractivity contribution in [1.82, 2.24) is 0 Å². The number of aliphatic hydroxyl groups is 1. The molecule has 344 valence electrons. The maximum atomic E-state index is 12.2. The summed E-state index contributed by atoms with van der Waals surface area (Å²) < 4.78 is 10.6. The number of hydrogen-bond acceptors (Lipinski definition) is 5. The van der Waals surface area contributed by atoms with Gasteiger partial charge in [0.2, 0.25) is 0 Å². The molecule has 1 unspecified atom stereocenters. The van der Waals surface area contributed by atoms with E-state index in [4.69, 9.17) is 9.47 Å². The number of esters is 2. The van der Waals surface area contributed by atoms with Crippen LogP contribution in [0.2, 0.25) is 0 Å². The molecule has 1 atom stereocenters. The molecule has 0 heterocycles. The lowest BCUT2D eigenvalue weighted by molar-refractivity contribution is -0.161. The molecule has 0 aliphatic heterocycles. The average molecular weight is 827 g/mol. The van der Waals surface area contributed by atoms with Crippen molar-refractivity contribution >= 4 is 11.9 Å². The number of rotatable bonds is 47. The zero-order valence-corrected chi connectivity index (χ0v) is 39.3. The molecule has 0 rings (SSSR count).